The molecule has 2 heteroatoms. The van der Waals surface area contributed by atoms with Crippen LogP contribution >= 0.6 is 0 Å². The van der Waals surface area contributed by atoms with E-state index >= 15 is 0 Å². The molecule has 1 aliphatic rings. The molecule has 96 valence electrons. The average Bonchev–Trinajstić information content (AvgIpc) is 2.95. The topological polar surface area (TPSA) is 21.3 Å². The van der Waals surface area contributed by atoms with E-state index in [2.05, 4.69) is 39.9 Å². The first-order valence-electron chi connectivity index (χ1n) is 6.72. The molecule has 1 atom stereocenters. The second-order valence-corrected chi connectivity index (χ2v) is 6.42. The van der Waals surface area contributed by atoms with Crippen molar-refractivity contribution in [1.82, 2.24) is 5.32 Å². The third-order valence-electron chi connectivity index (χ3n) is 3.55. The highest BCUT2D eigenvalue weighted by Crippen LogP contribution is 2.47. The van der Waals surface area contributed by atoms with Crippen molar-refractivity contribution in [2.24, 2.45) is 11.3 Å². The van der Waals surface area contributed by atoms with Crippen LogP contribution in [0.1, 0.15) is 53.9 Å². The van der Waals surface area contributed by atoms with Crippen molar-refractivity contribution >= 4 is 0 Å². The minimum absolute atomic E-state index is 0.00262. The van der Waals surface area contributed by atoms with Crippen LogP contribution in [0.25, 0.3) is 0 Å². The van der Waals surface area contributed by atoms with E-state index in [4.69, 9.17) is 4.74 Å². The van der Waals surface area contributed by atoms with Gasteiger partial charge in [-0.05, 0) is 57.9 Å². The Hall–Kier alpha value is -0.0800. The molecule has 0 spiro atoms. The Morgan fingerprint density at radius 1 is 1.19 bits per heavy atom. The van der Waals surface area contributed by atoms with Gasteiger partial charge in [0.1, 0.15) is 0 Å². The molecule has 2 nitrogen and oxygen atoms in total. The molecule has 1 aliphatic carbocycles. The molecule has 0 aliphatic heterocycles. The second-order valence-electron chi connectivity index (χ2n) is 6.42. The summed E-state index contributed by atoms with van der Waals surface area (Å²) in [5, 5.41) is 3.50. The van der Waals surface area contributed by atoms with Crippen molar-refractivity contribution < 1.29 is 4.74 Å². The van der Waals surface area contributed by atoms with Crippen molar-refractivity contribution in [3.05, 3.63) is 0 Å². The summed E-state index contributed by atoms with van der Waals surface area (Å²) < 4.78 is 5.86. The van der Waals surface area contributed by atoms with Crippen LogP contribution in [-0.2, 0) is 4.74 Å². The van der Waals surface area contributed by atoms with Crippen molar-refractivity contribution in [3.8, 4) is 0 Å². The van der Waals surface area contributed by atoms with Gasteiger partial charge in [-0.25, -0.2) is 0 Å². The Balaban J connectivity index is 2.33. The van der Waals surface area contributed by atoms with Gasteiger partial charge in [-0.1, -0.05) is 13.8 Å². The van der Waals surface area contributed by atoms with E-state index in [0.29, 0.717) is 5.41 Å². The Kier molecular flexibility index (Phi) is 4.81. The number of nitrogens with one attached hydrogen (secondary N) is 1. The maximum absolute atomic E-state index is 5.86. The Morgan fingerprint density at radius 3 is 2.25 bits per heavy atom. The lowest BCUT2D eigenvalue weighted by atomic mass is 9.81. The fourth-order valence-corrected chi connectivity index (χ4v) is 2.22. The fraction of sp³-hybridized carbons (Fsp3) is 1.00. The van der Waals surface area contributed by atoms with Crippen LogP contribution in [0, 0.1) is 11.3 Å². The lowest BCUT2D eigenvalue weighted by Crippen LogP contribution is -2.35. The highest BCUT2D eigenvalue weighted by Gasteiger charge is 2.40. The molecular weight excluding hydrogens is 198 g/mol. The van der Waals surface area contributed by atoms with Gasteiger partial charge >= 0.3 is 0 Å². The summed E-state index contributed by atoms with van der Waals surface area (Å²) in [6, 6.07) is 0. The summed E-state index contributed by atoms with van der Waals surface area (Å²) in [6.45, 7) is 14.1. The lowest BCUT2D eigenvalue weighted by molar-refractivity contribution is -0.0194. The van der Waals surface area contributed by atoms with E-state index in [0.717, 1.165) is 25.6 Å². The molecule has 0 aromatic carbocycles. The molecule has 0 aromatic heterocycles. The predicted molar refractivity (Wildman–Crippen MR) is 69.7 cm³/mol. The van der Waals surface area contributed by atoms with Gasteiger partial charge in [0.15, 0.2) is 0 Å². The summed E-state index contributed by atoms with van der Waals surface area (Å²) in [5.74, 6) is 0.926. The van der Waals surface area contributed by atoms with E-state index in [-0.39, 0.29) is 5.60 Å². The van der Waals surface area contributed by atoms with Crippen LogP contribution in [0.2, 0.25) is 0 Å². The molecule has 1 saturated carbocycles. The molecule has 0 amide bonds. The molecule has 0 bridgehead atoms. The van der Waals surface area contributed by atoms with E-state index in [1.165, 1.54) is 19.3 Å². The standard InChI is InChI=1S/C14H29NO/c1-6-15-11-14(5,12-7-8-12)9-10-16-13(2,3)4/h12,15H,6-11H2,1-5H3. The number of rotatable bonds is 7. The smallest absolute Gasteiger partial charge is 0.0598 e. The van der Waals surface area contributed by atoms with Crippen LogP contribution in [0.4, 0.5) is 0 Å². The van der Waals surface area contributed by atoms with Crippen molar-refractivity contribution in [2.45, 2.75) is 59.5 Å². The summed E-state index contributed by atoms with van der Waals surface area (Å²) in [4.78, 5) is 0. The van der Waals surface area contributed by atoms with E-state index in [9.17, 15) is 0 Å². The molecule has 0 saturated heterocycles. The van der Waals surface area contributed by atoms with Gasteiger partial charge in [0.05, 0.1) is 5.60 Å². The normalized spacial score (nSPS) is 20.8. The number of ether oxygens (including phenoxy) is 1. The number of hydrogen-bond donors (Lipinski definition) is 1. The predicted octanol–water partition coefficient (Wildman–Crippen LogP) is 3.22. The van der Waals surface area contributed by atoms with Crippen molar-refractivity contribution in [1.29, 1.82) is 0 Å². The monoisotopic (exact) mass is 227 g/mol. The van der Waals surface area contributed by atoms with Crippen LogP contribution in [-0.4, -0.2) is 25.3 Å². The fourth-order valence-electron chi connectivity index (χ4n) is 2.22. The Bertz CT molecular complexity index is 205. The minimum atomic E-state index is 0.00262. The van der Waals surface area contributed by atoms with Crippen LogP contribution in [0.15, 0.2) is 0 Å². The number of hydrogen-bond acceptors (Lipinski definition) is 2. The van der Waals surface area contributed by atoms with Crippen LogP contribution in [0.3, 0.4) is 0 Å². The zero-order valence-corrected chi connectivity index (χ0v) is 11.7. The summed E-state index contributed by atoms with van der Waals surface area (Å²) >= 11 is 0. The highest BCUT2D eigenvalue weighted by atomic mass is 16.5. The van der Waals surface area contributed by atoms with Crippen LogP contribution < -0.4 is 5.32 Å². The maximum Gasteiger partial charge on any atom is 0.0598 e. The van der Waals surface area contributed by atoms with Gasteiger partial charge in [-0.3, -0.25) is 0 Å². The molecule has 1 fully saturated rings. The van der Waals surface area contributed by atoms with Gasteiger partial charge in [0, 0.05) is 13.2 Å². The first-order valence-corrected chi connectivity index (χ1v) is 6.72. The molecule has 16 heavy (non-hydrogen) atoms. The first-order chi connectivity index (χ1) is 7.37. The molecule has 0 heterocycles. The third-order valence-corrected chi connectivity index (χ3v) is 3.55. The van der Waals surface area contributed by atoms with Gasteiger partial charge < -0.3 is 10.1 Å². The molecular formula is C14H29NO. The van der Waals surface area contributed by atoms with E-state index in [1.807, 2.05) is 0 Å². The Morgan fingerprint density at radius 2 is 1.81 bits per heavy atom. The summed E-state index contributed by atoms with van der Waals surface area (Å²) in [5.41, 5.74) is 0.448. The van der Waals surface area contributed by atoms with Gasteiger partial charge in [-0.2, -0.15) is 0 Å². The summed E-state index contributed by atoms with van der Waals surface area (Å²) in [7, 11) is 0. The second kappa shape index (κ2) is 5.50. The zero-order valence-electron chi connectivity index (χ0n) is 11.7. The SMILES string of the molecule is CCNCC(C)(CCOC(C)(C)C)C1CC1. The maximum atomic E-state index is 5.86. The Labute approximate surface area is 101 Å². The summed E-state index contributed by atoms with van der Waals surface area (Å²) in [6.07, 6.45) is 4.01. The molecule has 1 unspecified atom stereocenters. The minimum Gasteiger partial charge on any atom is -0.376 e. The largest absolute Gasteiger partial charge is 0.376 e. The van der Waals surface area contributed by atoms with Crippen LogP contribution in [0.5, 0.6) is 0 Å². The van der Waals surface area contributed by atoms with Gasteiger partial charge in [0.2, 0.25) is 0 Å². The molecule has 0 radical (unpaired) electrons. The van der Waals surface area contributed by atoms with Crippen molar-refractivity contribution in [2.75, 3.05) is 19.7 Å². The molecule has 1 N–H and O–H groups in total. The molecule has 1 rings (SSSR count). The molecule has 0 aromatic rings. The third kappa shape index (κ3) is 4.84. The highest BCUT2D eigenvalue weighted by molar-refractivity contribution is 4.92. The lowest BCUT2D eigenvalue weighted by Gasteiger charge is -2.31. The zero-order chi connectivity index (χ0) is 12.2. The quantitative estimate of drug-likeness (QED) is 0.721. The van der Waals surface area contributed by atoms with E-state index < -0.39 is 0 Å². The van der Waals surface area contributed by atoms with Crippen molar-refractivity contribution in [3.63, 3.8) is 0 Å². The van der Waals surface area contributed by atoms with Gasteiger partial charge in [0.25, 0.3) is 0 Å². The van der Waals surface area contributed by atoms with E-state index in [1.54, 1.807) is 0 Å². The first kappa shape index (κ1) is 14.0. The average molecular weight is 227 g/mol. The van der Waals surface area contributed by atoms with Gasteiger partial charge in [-0.15, -0.1) is 0 Å².